The second-order valence-corrected chi connectivity index (χ2v) is 17.2. The molecule has 9 atom stereocenters. The van der Waals surface area contributed by atoms with E-state index in [4.69, 9.17) is 18.9 Å². The zero-order valence-electron chi connectivity index (χ0n) is 37.6. The predicted octanol–water partition coefficient (Wildman–Crippen LogP) is 7.56. The number of ether oxygens (including phenoxy) is 4. The molecule has 2 aliphatic heterocycles. The fourth-order valence-electron chi connectivity index (χ4n) is 9.11. The van der Waals surface area contributed by atoms with Crippen LogP contribution in [-0.2, 0) is 30.3 Å². The van der Waals surface area contributed by atoms with Gasteiger partial charge >= 0.3 is 11.8 Å². The Morgan fingerprint density at radius 3 is 2.17 bits per heavy atom. The number of carbonyl (C=O) groups excluding carboxylic acids is 4. The van der Waals surface area contributed by atoms with Gasteiger partial charge in [-0.05, 0) is 39.3 Å². The molecule has 3 aromatic carbocycles. The predicted molar refractivity (Wildman–Crippen MR) is 238 cm³/mol. The molecule has 0 saturated carbocycles. The molecule has 0 fully saturated rings. The van der Waals surface area contributed by atoms with E-state index in [1.807, 2.05) is 34.9 Å². The number of methoxy groups -OCH3 is 1. The Hall–Kier alpha value is -5.96. The number of phenols is 2. The van der Waals surface area contributed by atoms with E-state index in [0.717, 1.165) is 5.56 Å². The first-order chi connectivity index (χ1) is 29.7. The number of benzene rings is 3. The Labute approximate surface area is 366 Å². The molecule has 1 amide bonds. The number of phenolic OH excluding ortho intramolecular Hbond substituents is 2. The third-order valence-electron chi connectivity index (χ3n) is 12.8. The zero-order chi connectivity index (χ0) is 46.4. The van der Waals surface area contributed by atoms with Gasteiger partial charge < -0.3 is 49.3 Å². The molecule has 14 heteroatoms. The minimum absolute atomic E-state index is 0.0103. The first kappa shape index (κ1) is 46.5. The minimum Gasteiger partial charge on any atom is -0.507 e. The molecule has 0 spiro atoms. The Kier molecular flexibility index (Phi) is 13.3. The van der Waals surface area contributed by atoms with Crippen LogP contribution in [0.5, 0.6) is 17.2 Å². The molecule has 1 aromatic heterocycles. The fourth-order valence-corrected chi connectivity index (χ4v) is 9.11. The summed E-state index contributed by atoms with van der Waals surface area (Å²) in [6, 6.07) is 9.40. The highest BCUT2D eigenvalue weighted by atomic mass is 16.7. The molecule has 0 aliphatic carbocycles. The summed E-state index contributed by atoms with van der Waals surface area (Å²) in [4.78, 5) is 55.2. The molecule has 2 aliphatic rings. The number of nitrogens with zero attached hydrogens (tertiary/aromatic N) is 1. The summed E-state index contributed by atoms with van der Waals surface area (Å²) in [5, 5.41) is 50.2. The quantitative estimate of drug-likeness (QED) is 0.0750. The highest BCUT2D eigenvalue weighted by Gasteiger charge is 2.50. The van der Waals surface area contributed by atoms with Gasteiger partial charge in [0.1, 0.15) is 17.6 Å². The van der Waals surface area contributed by atoms with Crippen LogP contribution in [0.1, 0.15) is 92.9 Å². The molecule has 0 unspecified atom stereocenters. The van der Waals surface area contributed by atoms with E-state index in [1.54, 1.807) is 53.7 Å². The fraction of sp³-hybridized carbons (Fsp3) is 0.429. The highest BCUT2D eigenvalue weighted by molar-refractivity contribution is 6.31. The lowest BCUT2D eigenvalue weighted by Gasteiger charge is -2.38. The summed E-state index contributed by atoms with van der Waals surface area (Å²) in [7, 11) is 1.45. The molecule has 14 nitrogen and oxygen atoms in total. The van der Waals surface area contributed by atoms with Crippen LogP contribution in [0.15, 0.2) is 66.5 Å². The number of esters is 1. The molecule has 5 N–H and O–H groups in total. The highest BCUT2D eigenvalue weighted by Crippen LogP contribution is 2.55. The van der Waals surface area contributed by atoms with Crippen molar-refractivity contribution in [2.45, 2.75) is 106 Å². The Balaban J connectivity index is 1.65. The van der Waals surface area contributed by atoms with Crippen LogP contribution in [0.2, 0.25) is 0 Å². The molecule has 4 bridgehead atoms. The SMILES string of the molecule is CO[C@H]1/C=C/O[C@@]2(C)Oc3c(C)c(O)c4c(O)c(c5c(C(C)=O)c(C)n(Cc6ccccc6)c5c4c3C2=O)NC(=O)/C(C)=C\C=C\[C@H](C)[C@H](O)[C@@H](C)[C@@H](O)[C@@H](C)[C@H](OC(C)=O)[C@@H]1C. The van der Waals surface area contributed by atoms with E-state index in [1.165, 1.54) is 53.2 Å². The van der Waals surface area contributed by atoms with Gasteiger partial charge in [0.15, 0.2) is 11.5 Å². The first-order valence-corrected chi connectivity index (χ1v) is 21.1. The number of carbonyl (C=O) groups is 4. The lowest BCUT2D eigenvalue weighted by Crippen LogP contribution is -2.46. The first-order valence-electron chi connectivity index (χ1n) is 21.1. The topological polar surface area (TPSA) is 203 Å². The third kappa shape index (κ3) is 8.34. The van der Waals surface area contributed by atoms with Gasteiger partial charge in [-0.2, -0.15) is 0 Å². The van der Waals surface area contributed by atoms with Crippen molar-refractivity contribution in [3.8, 4) is 17.2 Å². The van der Waals surface area contributed by atoms with Crippen molar-refractivity contribution >= 4 is 50.8 Å². The van der Waals surface area contributed by atoms with E-state index in [0.29, 0.717) is 5.69 Å². The van der Waals surface area contributed by atoms with Gasteiger partial charge in [-0.15, -0.1) is 0 Å². The molecule has 63 heavy (non-hydrogen) atoms. The summed E-state index contributed by atoms with van der Waals surface area (Å²) in [6.45, 7) is 16.0. The minimum atomic E-state index is -2.03. The standard InChI is InChI=1S/C49H58N2O12/c1-23-16-15-17-24(2)48(59)50-39-36-34(30(8)52)29(7)51(22-32-18-13-12-14-19-32)40(36)35-37(44(39)57)43(56)28(6)46-38(35)47(58)49(10,63-46)61-21-20-33(60-11)25(3)45(62-31(9)53)27(5)42(55)26(4)41(23)54/h12-21,23,25-27,33,41-42,45,54-57H,22H2,1-11H3,(H,50,59)/b16-15+,21-20+,24-17-/t23-,25+,26+,27+,33-,41-,42+,45+,49-/m0/s1. The van der Waals surface area contributed by atoms with Crippen molar-refractivity contribution in [3.05, 3.63) is 94.4 Å². The number of Topliss-reactive ketones (excluding diaryl/α,β-unsaturated/α-hetero) is 2. The molecule has 0 radical (unpaired) electrons. The Morgan fingerprint density at radius 1 is 0.889 bits per heavy atom. The summed E-state index contributed by atoms with van der Waals surface area (Å²) in [5.74, 6) is -7.82. The summed E-state index contributed by atoms with van der Waals surface area (Å²) < 4.78 is 25.9. The van der Waals surface area contributed by atoms with Crippen molar-refractivity contribution in [3.63, 3.8) is 0 Å². The summed E-state index contributed by atoms with van der Waals surface area (Å²) in [6.07, 6.45) is 3.68. The van der Waals surface area contributed by atoms with Crippen LogP contribution >= 0.6 is 0 Å². The zero-order valence-corrected chi connectivity index (χ0v) is 37.6. The van der Waals surface area contributed by atoms with Crippen molar-refractivity contribution < 1.29 is 58.6 Å². The molecule has 336 valence electrons. The number of aliphatic hydroxyl groups is 2. The van der Waals surface area contributed by atoms with Crippen molar-refractivity contribution in [1.82, 2.24) is 4.57 Å². The normalized spacial score (nSPS) is 28.9. The summed E-state index contributed by atoms with van der Waals surface area (Å²) >= 11 is 0. The van der Waals surface area contributed by atoms with E-state index < -0.39 is 83.0 Å². The number of hydrogen-bond donors (Lipinski definition) is 5. The Bertz CT molecular complexity index is 2570. The average molecular weight is 867 g/mol. The van der Waals surface area contributed by atoms with Gasteiger partial charge in [-0.3, -0.25) is 19.2 Å². The second-order valence-electron chi connectivity index (χ2n) is 17.2. The van der Waals surface area contributed by atoms with Crippen LogP contribution in [0.25, 0.3) is 21.7 Å². The maximum atomic E-state index is 14.9. The van der Waals surface area contributed by atoms with Gasteiger partial charge in [-0.25, -0.2) is 0 Å². The number of allylic oxidation sites excluding steroid dienone is 2. The van der Waals surface area contributed by atoms with Crippen molar-refractivity contribution in [2.24, 2.45) is 23.7 Å². The number of anilines is 1. The van der Waals surface area contributed by atoms with Crippen molar-refractivity contribution in [1.29, 1.82) is 0 Å². The van der Waals surface area contributed by atoms with Crippen LogP contribution in [0.4, 0.5) is 5.69 Å². The van der Waals surface area contributed by atoms with Crippen LogP contribution in [0.3, 0.4) is 0 Å². The number of aromatic nitrogens is 1. The smallest absolute Gasteiger partial charge is 0.312 e. The number of rotatable bonds is 5. The number of aromatic hydroxyl groups is 2. The summed E-state index contributed by atoms with van der Waals surface area (Å²) in [5.41, 5.74) is 1.90. The molecule has 0 saturated heterocycles. The number of nitrogens with one attached hydrogen (secondary N) is 1. The van der Waals surface area contributed by atoms with E-state index >= 15 is 0 Å². The lowest BCUT2D eigenvalue weighted by molar-refractivity contribution is -0.160. The Morgan fingerprint density at radius 2 is 1.56 bits per heavy atom. The molecular weight excluding hydrogens is 809 g/mol. The second kappa shape index (κ2) is 18.0. The number of hydrogen-bond acceptors (Lipinski definition) is 12. The van der Waals surface area contributed by atoms with Gasteiger partial charge in [0, 0.05) is 84.3 Å². The molecule has 3 heterocycles. The van der Waals surface area contributed by atoms with Gasteiger partial charge in [0.25, 0.3) is 11.7 Å². The monoisotopic (exact) mass is 866 g/mol. The van der Waals surface area contributed by atoms with Crippen LogP contribution < -0.4 is 10.1 Å². The van der Waals surface area contributed by atoms with E-state index in [2.05, 4.69) is 5.32 Å². The number of aliphatic hydroxyl groups excluding tert-OH is 2. The van der Waals surface area contributed by atoms with E-state index in [9.17, 15) is 39.6 Å². The third-order valence-corrected chi connectivity index (χ3v) is 12.8. The number of ketones is 2. The largest absolute Gasteiger partial charge is 0.507 e. The van der Waals surface area contributed by atoms with Gasteiger partial charge in [0.05, 0.1) is 46.7 Å². The van der Waals surface area contributed by atoms with Gasteiger partial charge in [-0.1, -0.05) is 76.3 Å². The maximum absolute atomic E-state index is 14.9. The van der Waals surface area contributed by atoms with Crippen LogP contribution in [-0.4, -0.2) is 85.7 Å². The van der Waals surface area contributed by atoms with Gasteiger partial charge in [0.2, 0.25) is 0 Å². The molecule has 6 rings (SSSR count). The van der Waals surface area contributed by atoms with Crippen LogP contribution in [0, 0.1) is 37.5 Å². The average Bonchev–Trinajstić information content (AvgIpc) is 3.68. The number of amides is 1. The number of fused-ring (bicyclic) bond motifs is 1. The van der Waals surface area contributed by atoms with E-state index in [-0.39, 0.29) is 67.7 Å². The molecule has 4 aromatic rings. The van der Waals surface area contributed by atoms with Crippen molar-refractivity contribution in [2.75, 3.05) is 12.4 Å². The maximum Gasteiger partial charge on any atom is 0.312 e. The molecular formula is C49H58N2O12. The lowest BCUT2D eigenvalue weighted by atomic mass is 9.78.